The lowest BCUT2D eigenvalue weighted by molar-refractivity contribution is -0.137. The molecule has 0 aliphatic heterocycles. The molecule has 0 saturated heterocycles. The first-order valence-corrected chi connectivity index (χ1v) is 8.70. The summed E-state index contributed by atoms with van der Waals surface area (Å²) in [5.41, 5.74) is -2.00. The standard InChI is InChI=1S/C20H18F3N3O/c1-13-7-9-15(10-8-13)25-26-18(14-5-3-2-4-6-14)11-17(20(21,22)23)16(12-24)19(26)27/h2-6,11,13H,7-10H2,1H3. The smallest absolute Gasteiger partial charge is 0.266 e. The number of nitriles is 1. The molecule has 7 heteroatoms. The number of pyridine rings is 1. The molecule has 1 aliphatic carbocycles. The van der Waals surface area contributed by atoms with Crippen LogP contribution in [0.3, 0.4) is 0 Å². The average Bonchev–Trinajstić information content (AvgIpc) is 2.64. The second kappa shape index (κ2) is 7.39. The van der Waals surface area contributed by atoms with Gasteiger partial charge in [0.2, 0.25) is 0 Å². The molecule has 0 bridgehead atoms. The Labute approximate surface area is 154 Å². The SMILES string of the molecule is CC1CCC(=Nn2c(-c3ccccc3)cc(C(F)(F)F)c(C#N)c2=O)CC1. The van der Waals surface area contributed by atoms with Gasteiger partial charge in [-0.3, -0.25) is 4.79 Å². The quantitative estimate of drug-likeness (QED) is 0.758. The summed E-state index contributed by atoms with van der Waals surface area (Å²) < 4.78 is 41.2. The van der Waals surface area contributed by atoms with Crippen molar-refractivity contribution in [1.29, 1.82) is 5.26 Å². The topological polar surface area (TPSA) is 58.1 Å². The third-order valence-corrected chi connectivity index (χ3v) is 4.76. The number of rotatable bonds is 2. The van der Waals surface area contributed by atoms with E-state index in [2.05, 4.69) is 12.0 Å². The highest BCUT2D eigenvalue weighted by Gasteiger charge is 2.36. The highest BCUT2D eigenvalue weighted by atomic mass is 19.4. The Morgan fingerprint density at radius 3 is 2.37 bits per heavy atom. The molecule has 3 rings (SSSR count). The molecule has 1 fully saturated rings. The summed E-state index contributed by atoms with van der Waals surface area (Å²) >= 11 is 0. The molecule has 1 saturated carbocycles. The maximum absolute atomic E-state index is 13.4. The Morgan fingerprint density at radius 1 is 1.19 bits per heavy atom. The molecule has 1 aromatic heterocycles. The largest absolute Gasteiger partial charge is 0.417 e. The molecule has 0 radical (unpaired) electrons. The van der Waals surface area contributed by atoms with E-state index in [1.54, 1.807) is 30.3 Å². The molecule has 1 aromatic carbocycles. The van der Waals surface area contributed by atoms with E-state index in [0.29, 0.717) is 24.3 Å². The van der Waals surface area contributed by atoms with Crippen molar-refractivity contribution in [3.05, 3.63) is 57.9 Å². The van der Waals surface area contributed by atoms with Crippen LogP contribution in [0.5, 0.6) is 0 Å². The van der Waals surface area contributed by atoms with Crippen molar-refractivity contribution in [3.8, 4) is 17.3 Å². The minimum atomic E-state index is -4.81. The highest BCUT2D eigenvalue weighted by Crippen LogP contribution is 2.33. The van der Waals surface area contributed by atoms with Gasteiger partial charge in [0.25, 0.3) is 5.56 Å². The second-order valence-corrected chi connectivity index (χ2v) is 6.76. The first-order chi connectivity index (χ1) is 12.8. The van der Waals surface area contributed by atoms with Crippen molar-refractivity contribution in [2.45, 2.75) is 38.8 Å². The summed E-state index contributed by atoms with van der Waals surface area (Å²) in [7, 11) is 0. The first kappa shape index (κ1) is 18.9. The van der Waals surface area contributed by atoms with Crippen LogP contribution in [-0.4, -0.2) is 10.4 Å². The number of alkyl halides is 3. The molecule has 1 heterocycles. The first-order valence-electron chi connectivity index (χ1n) is 8.70. The molecular weight excluding hydrogens is 355 g/mol. The summed E-state index contributed by atoms with van der Waals surface area (Å²) in [6.45, 7) is 2.13. The van der Waals surface area contributed by atoms with E-state index < -0.39 is 22.9 Å². The van der Waals surface area contributed by atoms with Gasteiger partial charge < -0.3 is 0 Å². The summed E-state index contributed by atoms with van der Waals surface area (Å²) in [4.78, 5) is 12.7. The zero-order chi connectivity index (χ0) is 19.6. The summed E-state index contributed by atoms with van der Waals surface area (Å²) in [6, 6.07) is 10.5. The molecule has 0 amide bonds. The molecule has 27 heavy (non-hydrogen) atoms. The highest BCUT2D eigenvalue weighted by molar-refractivity contribution is 5.85. The third kappa shape index (κ3) is 3.95. The van der Waals surface area contributed by atoms with Gasteiger partial charge in [0.15, 0.2) is 0 Å². The molecule has 0 unspecified atom stereocenters. The predicted molar refractivity (Wildman–Crippen MR) is 96.3 cm³/mol. The van der Waals surface area contributed by atoms with Gasteiger partial charge in [-0.25, -0.2) is 0 Å². The van der Waals surface area contributed by atoms with Crippen LogP contribution in [-0.2, 0) is 6.18 Å². The fourth-order valence-electron chi connectivity index (χ4n) is 3.18. The van der Waals surface area contributed by atoms with Crippen LogP contribution >= 0.6 is 0 Å². The van der Waals surface area contributed by atoms with Gasteiger partial charge in [0, 0.05) is 11.3 Å². The van der Waals surface area contributed by atoms with E-state index in [1.165, 1.54) is 6.07 Å². The fraction of sp³-hybridized carbons (Fsp3) is 0.350. The van der Waals surface area contributed by atoms with Gasteiger partial charge >= 0.3 is 6.18 Å². The van der Waals surface area contributed by atoms with Crippen LogP contribution in [0.1, 0.15) is 43.7 Å². The number of aromatic nitrogens is 1. The average molecular weight is 373 g/mol. The zero-order valence-electron chi connectivity index (χ0n) is 14.8. The van der Waals surface area contributed by atoms with Crippen molar-refractivity contribution in [2.24, 2.45) is 11.0 Å². The van der Waals surface area contributed by atoms with E-state index in [1.807, 2.05) is 0 Å². The molecule has 0 spiro atoms. The zero-order valence-corrected chi connectivity index (χ0v) is 14.8. The number of halogens is 3. The lowest BCUT2D eigenvalue weighted by Gasteiger charge is -2.20. The maximum Gasteiger partial charge on any atom is 0.417 e. The lowest BCUT2D eigenvalue weighted by Crippen LogP contribution is -2.27. The molecule has 0 atom stereocenters. The van der Waals surface area contributed by atoms with E-state index in [-0.39, 0.29) is 5.69 Å². The Kier molecular flexibility index (Phi) is 5.17. The van der Waals surface area contributed by atoms with Crippen LogP contribution in [0.2, 0.25) is 0 Å². The van der Waals surface area contributed by atoms with E-state index >= 15 is 0 Å². The van der Waals surface area contributed by atoms with Gasteiger partial charge in [0.1, 0.15) is 11.6 Å². The number of nitrogens with zero attached hydrogens (tertiary/aromatic N) is 3. The minimum Gasteiger partial charge on any atom is -0.266 e. The maximum atomic E-state index is 13.4. The summed E-state index contributed by atoms with van der Waals surface area (Å²) in [5.74, 6) is 0.552. The molecule has 140 valence electrons. The molecule has 2 aromatic rings. The van der Waals surface area contributed by atoms with Gasteiger partial charge in [-0.15, -0.1) is 0 Å². The number of benzene rings is 1. The minimum absolute atomic E-state index is 0.0260. The Morgan fingerprint density at radius 2 is 1.81 bits per heavy atom. The normalized spacial score (nSPS) is 17.4. The van der Waals surface area contributed by atoms with Crippen molar-refractivity contribution < 1.29 is 13.2 Å². The van der Waals surface area contributed by atoms with Gasteiger partial charge in [-0.1, -0.05) is 37.3 Å². The van der Waals surface area contributed by atoms with Crippen molar-refractivity contribution in [3.63, 3.8) is 0 Å². The van der Waals surface area contributed by atoms with E-state index in [9.17, 15) is 23.2 Å². The monoisotopic (exact) mass is 373 g/mol. The Balaban J connectivity index is 2.26. The second-order valence-electron chi connectivity index (χ2n) is 6.76. The van der Waals surface area contributed by atoms with Gasteiger partial charge in [0.05, 0.1) is 11.3 Å². The Hall–Kier alpha value is -2.88. The Bertz CT molecular complexity index is 959. The predicted octanol–water partition coefficient (Wildman–Crippen LogP) is 4.82. The fourth-order valence-corrected chi connectivity index (χ4v) is 3.18. The van der Waals surface area contributed by atoms with Crippen LogP contribution in [0.25, 0.3) is 11.3 Å². The van der Waals surface area contributed by atoms with Gasteiger partial charge in [-0.2, -0.15) is 28.2 Å². The van der Waals surface area contributed by atoms with Crippen LogP contribution in [0.4, 0.5) is 13.2 Å². The van der Waals surface area contributed by atoms with Crippen molar-refractivity contribution in [1.82, 2.24) is 4.68 Å². The van der Waals surface area contributed by atoms with Gasteiger partial charge in [-0.05, 0) is 37.7 Å². The number of hydrogen-bond acceptors (Lipinski definition) is 3. The van der Waals surface area contributed by atoms with E-state index in [4.69, 9.17) is 0 Å². The van der Waals surface area contributed by atoms with Crippen LogP contribution in [0.15, 0.2) is 46.3 Å². The lowest BCUT2D eigenvalue weighted by atomic mass is 9.89. The molecule has 1 aliphatic rings. The number of hydrogen-bond donors (Lipinski definition) is 0. The van der Waals surface area contributed by atoms with Crippen molar-refractivity contribution >= 4 is 5.71 Å². The summed E-state index contributed by atoms with van der Waals surface area (Å²) in [6.07, 6.45) is -1.60. The third-order valence-electron chi connectivity index (χ3n) is 4.76. The molecule has 4 nitrogen and oxygen atoms in total. The molecular formula is C20H18F3N3O. The van der Waals surface area contributed by atoms with Crippen molar-refractivity contribution in [2.75, 3.05) is 0 Å². The van der Waals surface area contributed by atoms with E-state index in [0.717, 1.165) is 29.3 Å². The van der Waals surface area contributed by atoms with Crippen LogP contribution in [0, 0.1) is 17.2 Å². The molecule has 0 N–H and O–H groups in total. The summed E-state index contributed by atoms with van der Waals surface area (Å²) in [5, 5.41) is 13.5. The van der Waals surface area contributed by atoms with Crippen LogP contribution < -0.4 is 5.56 Å².